The van der Waals surface area contributed by atoms with Gasteiger partial charge in [-0.05, 0) is 11.6 Å². The fraction of sp³-hybridized carbons (Fsp3) is 0.0833. The monoisotopic (exact) mass is 308 g/mol. The Balaban J connectivity index is 2.22. The Kier molecular flexibility index (Phi) is 4.17. The molecule has 0 amide bonds. The fourth-order valence-electron chi connectivity index (χ4n) is 1.55. The molecule has 0 saturated heterocycles. The molecule has 0 fully saturated rings. The van der Waals surface area contributed by atoms with Crippen LogP contribution in [0.15, 0.2) is 36.7 Å². The molecule has 2 aromatic rings. The van der Waals surface area contributed by atoms with Gasteiger partial charge in [-0.3, -0.25) is 9.71 Å². The van der Waals surface area contributed by atoms with Gasteiger partial charge in [0.25, 0.3) is 0 Å². The Labute approximate surface area is 121 Å². The van der Waals surface area contributed by atoms with Crippen LogP contribution in [-0.4, -0.2) is 18.4 Å². The van der Waals surface area contributed by atoms with Gasteiger partial charge in [0.1, 0.15) is 5.15 Å². The summed E-state index contributed by atoms with van der Waals surface area (Å²) in [4.78, 5) is 7.53. The first kappa shape index (κ1) is 14.2. The third-order valence-corrected chi connectivity index (χ3v) is 3.74. The van der Waals surface area contributed by atoms with E-state index in [9.17, 15) is 8.42 Å². The highest BCUT2D eigenvalue weighted by atomic mass is 35.5. The van der Waals surface area contributed by atoms with Crippen molar-refractivity contribution in [3.8, 4) is 6.07 Å². The summed E-state index contributed by atoms with van der Waals surface area (Å²) in [5.74, 6) is -0.294. The molecule has 0 atom stereocenters. The SMILES string of the molecule is N#Cc1ccccc1CS(=O)(=O)Nc1cncc(Cl)n1. The zero-order valence-corrected chi connectivity index (χ0v) is 11.7. The molecule has 102 valence electrons. The van der Waals surface area contributed by atoms with Gasteiger partial charge in [-0.1, -0.05) is 29.8 Å². The van der Waals surface area contributed by atoms with E-state index in [0.717, 1.165) is 0 Å². The van der Waals surface area contributed by atoms with E-state index >= 15 is 0 Å². The number of halogens is 1. The first-order valence-electron chi connectivity index (χ1n) is 5.46. The molecule has 6 nitrogen and oxygen atoms in total. The van der Waals surface area contributed by atoms with E-state index in [1.807, 2.05) is 6.07 Å². The minimum absolute atomic E-state index is 0.0342. The summed E-state index contributed by atoms with van der Waals surface area (Å²) in [7, 11) is -3.70. The summed E-state index contributed by atoms with van der Waals surface area (Å²) < 4.78 is 26.3. The first-order valence-corrected chi connectivity index (χ1v) is 7.49. The smallest absolute Gasteiger partial charge is 0.238 e. The number of sulfonamides is 1. The maximum atomic E-state index is 12.0. The standard InChI is InChI=1S/C12H9ClN4O2S/c13-11-6-15-7-12(16-11)17-20(18,19)8-10-4-2-1-3-9(10)5-14/h1-4,6-7H,8H2,(H,16,17). The molecule has 1 aromatic heterocycles. The van der Waals surface area contributed by atoms with Crippen LogP contribution in [0, 0.1) is 11.3 Å². The van der Waals surface area contributed by atoms with E-state index in [2.05, 4.69) is 14.7 Å². The zero-order valence-electron chi connectivity index (χ0n) is 10.1. The van der Waals surface area contributed by atoms with Gasteiger partial charge < -0.3 is 0 Å². The molecule has 0 aliphatic heterocycles. The van der Waals surface area contributed by atoms with Crippen LogP contribution in [0.3, 0.4) is 0 Å². The maximum absolute atomic E-state index is 12.0. The van der Waals surface area contributed by atoms with Gasteiger partial charge >= 0.3 is 0 Å². The van der Waals surface area contributed by atoms with Crippen LogP contribution in [-0.2, 0) is 15.8 Å². The highest BCUT2D eigenvalue weighted by molar-refractivity contribution is 7.91. The quantitative estimate of drug-likeness (QED) is 0.931. The average Bonchev–Trinajstić information content (AvgIpc) is 2.38. The Morgan fingerprint density at radius 2 is 2.05 bits per heavy atom. The van der Waals surface area contributed by atoms with E-state index in [-0.39, 0.29) is 16.7 Å². The maximum Gasteiger partial charge on any atom is 0.238 e. The first-order chi connectivity index (χ1) is 9.50. The molecule has 20 heavy (non-hydrogen) atoms. The molecule has 0 radical (unpaired) electrons. The van der Waals surface area contributed by atoms with Gasteiger partial charge in [-0.15, -0.1) is 0 Å². The van der Waals surface area contributed by atoms with Gasteiger partial charge in [0.15, 0.2) is 5.82 Å². The van der Waals surface area contributed by atoms with Crippen molar-refractivity contribution in [2.24, 2.45) is 0 Å². The lowest BCUT2D eigenvalue weighted by molar-refractivity contribution is 0.600. The Bertz CT molecular complexity index is 771. The number of aromatic nitrogens is 2. The van der Waals surface area contributed by atoms with E-state index in [1.54, 1.807) is 24.3 Å². The number of nitriles is 1. The molecule has 8 heteroatoms. The molecular formula is C12H9ClN4O2S. The van der Waals surface area contributed by atoms with Crippen LogP contribution < -0.4 is 4.72 Å². The second-order valence-corrected chi connectivity index (χ2v) is 5.97. The molecule has 0 saturated carbocycles. The number of nitrogens with one attached hydrogen (secondary N) is 1. The predicted molar refractivity (Wildman–Crippen MR) is 74.4 cm³/mol. The molecule has 0 spiro atoms. The van der Waals surface area contributed by atoms with Gasteiger partial charge in [-0.25, -0.2) is 13.4 Å². The minimum atomic E-state index is -3.70. The number of nitrogens with zero attached hydrogens (tertiary/aromatic N) is 3. The third-order valence-electron chi connectivity index (χ3n) is 2.35. The van der Waals surface area contributed by atoms with Gasteiger partial charge in [0, 0.05) is 0 Å². The van der Waals surface area contributed by atoms with Crippen LogP contribution in [0.4, 0.5) is 5.82 Å². The van der Waals surface area contributed by atoms with Crippen molar-refractivity contribution < 1.29 is 8.42 Å². The largest absolute Gasteiger partial charge is 0.266 e. The average molecular weight is 309 g/mol. The summed E-state index contributed by atoms with van der Waals surface area (Å²) in [6.07, 6.45) is 2.55. The fourth-order valence-corrected chi connectivity index (χ4v) is 2.84. The molecule has 0 bridgehead atoms. The molecule has 0 aliphatic rings. The lowest BCUT2D eigenvalue weighted by Gasteiger charge is -2.08. The van der Waals surface area contributed by atoms with Crippen molar-refractivity contribution in [1.82, 2.24) is 9.97 Å². The second-order valence-electron chi connectivity index (χ2n) is 3.86. The summed E-state index contributed by atoms with van der Waals surface area (Å²) in [6, 6.07) is 8.44. The number of anilines is 1. The van der Waals surface area contributed by atoms with E-state index < -0.39 is 10.0 Å². The molecule has 1 aromatic carbocycles. The lowest BCUT2D eigenvalue weighted by atomic mass is 10.1. The number of rotatable bonds is 4. The Morgan fingerprint density at radius 3 is 2.75 bits per heavy atom. The highest BCUT2D eigenvalue weighted by Gasteiger charge is 2.15. The van der Waals surface area contributed by atoms with Crippen LogP contribution in [0.2, 0.25) is 5.15 Å². The van der Waals surface area contributed by atoms with Gasteiger partial charge in [0.2, 0.25) is 10.0 Å². The molecule has 0 aliphatic carbocycles. The van der Waals surface area contributed by atoms with Crippen molar-refractivity contribution in [3.05, 3.63) is 52.9 Å². The molecule has 2 rings (SSSR count). The second kappa shape index (κ2) is 5.86. The van der Waals surface area contributed by atoms with Gasteiger partial charge in [0.05, 0.1) is 29.8 Å². The van der Waals surface area contributed by atoms with Crippen LogP contribution in [0.25, 0.3) is 0 Å². The van der Waals surface area contributed by atoms with Crippen molar-refractivity contribution in [1.29, 1.82) is 5.26 Å². The number of hydrogen-bond acceptors (Lipinski definition) is 5. The van der Waals surface area contributed by atoms with E-state index in [0.29, 0.717) is 11.1 Å². The summed E-state index contributed by atoms with van der Waals surface area (Å²) in [6.45, 7) is 0. The molecule has 1 N–H and O–H groups in total. The summed E-state index contributed by atoms with van der Waals surface area (Å²) in [5.41, 5.74) is 0.729. The van der Waals surface area contributed by atoms with Crippen LogP contribution >= 0.6 is 11.6 Å². The lowest BCUT2D eigenvalue weighted by Crippen LogP contribution is -2.16. The molecular weight excluding hydrogens is 300 g/mol. The molecule has 1 heterocycles. The minimum Gasteiger partial charge on any atom is -0.266 e. The highest BCUT2D eigenvalue weighted by Crippen LogP contribution is 2.14. The van der Waals surface area contributed by atoms with Crippen molar-refractivity contribution in [3.63, 3.8) is 0 Å². The summed E-state index contributed by atoms with van der Waals surface area (Å²) >= 11 is 5.63. The molecule has 0 unspecified atom stereocenters. The van der Waals surface area contributed by atoms with Crippen molar-refractivity contribution in [2.45, 2.75) is 5.75 Å². The number of hydrogen-bond donors (Lipinski definition) is 1. The van der Waals surface area contributed by atoms with Crippen LogP contribution in [0.5, 0.6) is 0 Å². The number of benzene rings is 1. The van der Waals surface area contributed by atoms with E-state index in [4.69, 9.17) is 16.9 Å². The Hall–Kier alpha value is -2.17. The van der Waals surface area contributed by atoms with Gasteiger partial charge in [-0.2, -0.15) is 5.26 Å². The van der Waals surface area contributed by atoms with Crippen molar-refractivity contribution in [2.75, 3.05) is 4.72 Å². The predicted octanol–water partition coefficient (Wildman–Crippen LogP) is 1.94. The van der Waals surface area contributed by atoms with Crippen molar-refractivity contribution >= 4 is 27.4 Å². The summed E-state index contributed by atoms with van der Waals surface area (Å²) in [5, 5.41) is 9.02. The topological polar surface area (TPSA) is 95.7 Å². The zero-order chi connectivity index (χ0) is 14.6. The normalized spacial score (nSPS) is 10.8. The van der Waals surface area contributed by atoms with E-state index in [1.165, 1.54) is 12.4 Å². The third kappa shape index (κ3) is 3.66. The Morgan fingerprint density at radius 1 is 1.30 bits per heavy atom. The van der Waals surface area contributed by atoms with Crippen LogP contribution in [0.1, 0.15) is 11.1 Å².